The first-order valence-electron chi connectivity index (χ1n) is 8.49. The van der Waals surface area contributed by atoms with E-state index in [1.165, 1.54) is 0 Å². The quantitative estimate of drug-likeness (QED) is 0.351. The normalized spacial score (nSPS) is 12.4. The van der Waals surface area contributed by atoms with Gasteiger partial charge in [-0.05, 0) is 39.2 Å². The largest absolute Gasteiger partial charge is 0.496 e. The van der Waals surface area contributed by atoms with Crippen LogP contribution in [0.3, 0.4) is 0 Å². The highest BCUT2D eigenvalue weighted by Crippen LogP contribution is 2.27. The molecule has 1 heterocycles. The van der Waals surface area contributed by atoms with Crippen LogP contribution in [0.4, 0.5) is 0 Å². The first-order valence-corrected chi connectivity index (χ1v) is 8.49. The summed E-state index contributed by atoms with van der Waals surface area (Å²) in [6.07, 6.45) is 1.66. The molecule has 1 unspecified atom stereocenters. The van der Waals surface area contributed by atoms with Gasteiger partial charge in [0.25, 0.3) is 0 Å². The van der Waals surface area contributed by atoms with Crippen molar-refractivity contribution in [3.8, 4) is 5.75 Å². The van der Waals surface area contributed by atoms with Crippen LogP contribution in [-0.2, 0) is 6.54 Å². The van der Waals surface area contributed by atoms with Gasteiger partial charge in [-0.1, -0.05) is 18.2 Å². The van der Waals surface area contributed by atoms with Gasteiger partial charge in [0.05, 0.1) is 19.4 Å². The Kier molecular flexibility index (Phi) is 10.1. The second-order valence-corrected chi connectivity index (χ2v) is 5.88. The maximum atomic E-state index is 5.51. The molecule has 0 bridgehead atoms. The van der Waals surface area contributed by atoms with Crippen molar-refractivity contribution in [2.45, 2.75) is 19.5 Å². The number of halogens is 1. The summed E-state index contributed by atoms with van der Waals surface area (Å²) in [4.78, 5) is 6.74. The number of guanidine groups is 1. The Balaban J connectivity index is 0.00000338. The van der Waals surface area contributed by atoms with Crippen molar-refractivity contribution in [1.29, 1.82) is 0 Å². The number of nitrogens with one attached hydrogen (secondary N) is 2. The number of methoxy groups -OCH3 is 1. The molecule has 0 radical (unpaired) electrons. The first kappa shape index (κ1) is 22.3. The molecule has 7 heteroatoms. The van der Waals surface area contributed by atoms with Crippen LogP contribution < -0.4 is 15.4 Å². The highest BCUT2D eigenvalue weighted by Gasteiger charge is 2.18. The van der Waals surface area contributed by atoms with Gasteiger partial charge in [0, 0.05) is 18.7 Å². The molecule has 0 fully saturated rings. The van der Waals surface area contributed by atoms with E-state index in [9.17, 15) is 0 Å². The molecule has 1 atom stereocenters. The molecule has 0 aliphatic carbocycles. The fourth-order valence-electron chi connectivity index (χ4n) is 2.61. The van der Waals surface area contributed by atoms with Gasteiger partial charge in [-0.25, -0.2) is 4.99 Å². The zero-order valence-corrected chi connectivity index (χ0v) is 18.2. The highest BCUT2D eigenvalue weighted by atomic mass is 127. The summed E-state index contributed by atoms with van der Waals surface area (Å²) in [6, 6.07) is 12.0. The number of nitrogens with zero attached hydrogens (tertiary/aromatic N) is 2. The fraction of sp³-hybridized carbons (Fsp3) is 0.421. The standard InChI is InChI=1S/C19H28N4O2.HI/c1-5-20-19(21-13-15-9-8-12-25-15)22-14-17(23(2)3)16-10-6-7-11-18(16)24-4;/h6-12,17H,5,13-14H2,1-4H3,(H2,20,21,22);1H. The summed E-state index contributed by atoms with van der Waals surface area (Å²) < 4.78 is 10.9. The Labute approximate surface area is 173 Å². The van der Waals surface area contributed by atoms with Crippen LogP contribution >= 0.6 is 24.0 Å². The molecule has 0 amide bonds. The smallest absolute Gasteiger partial charge is 0.191 e. The van der Waals surface area contributed by atoms with Gasteiger partial charge in [0.2, 0.25) is 0 Å². The third-order valence-corrected chi connectivity index (χ3v) is 3.90. The van der Waals surface area contributed by atoms with Crippen molar-refractivity contribution in [1.82, 2.24) is 15.5 Å². The minimum Gasteiger partial charge on any atom is -0.496 e. The van der Waals surface area contributed by atoms with Crippen molar-refractivity contribution in [2.24, 2.45) is 4.99 Å². The fourth-order valence-corrected chi connectivity index (χ4v) is 2.61. The molecule has 0 aliphatic rings. The van der Waals surface area contributed by atoms with E-state index in [1.807, 2.05) is 37.3 Å². The summed E-state index contributed by atoms with van der Waals surface area (Å²) in [5, 5.41) is 6.68. The Hall–Kier alpha value is -1.74. The molecule has 0 aliphatic heterocycles. The molecular formula is C19H29IN4O2. The van der Waals surface area contributed by atoms with Crippen LogP contribution in [0.1, 0.15) is 24.3 Å². The number of rotatable bonds is 8. The van der Waals surface area contributed by atoms with E-state index < -0.39 is 0 Å². The molecule has 144 valence electrons. The van der Waals surface area contributed by atoms with Crippen LogP contribution in [0.2, 0.25) is 0 Å². The number of likely N-dealkylation sites (N-methyl/N-ethyl adjacent to an activating group) is 1. The average Bonchev–Trinajstić information content (AvgIpc) is 3.13. The predicted octanol–water partition coefficient (Wildman–Crippen LogP) is 3.26. The van der Waals surface area contributed by atoms with Crippen LogP contribution in [0.25, 0.3) is 0 Å². The molecule has 1 aromatic heterocycles. The van der Waals surface area contributed by atoms with Gasteiger partial charge in [-0.2, -0.15) is 0 Å². The molecule has 26 heavy (non-hydrogen) atoms. The van der Waals surface area contributed by atoms with E-state index in [2.05, 4.69) is 40.7 Å². The Bertz CT molecular complexity index is 659. The van der Waals surface area contributed by atoms with Crippen molar-refractivity contribution < 1.29 is 9.15 Å². The van der Waals surface area contributed by atoms with E-state index in [0.717, 1.165) is 29.6 Å². The van der Waals surface area contributed by atoms with Crippen molar-refractivity contribution in [2.75, 3.05) is 34.3 Å². The van der Waals surface area contributed by atoms with E-state index in [4.69, 9.17) is 9.15 Å². The van der Waals surface area contributed by atoms with E-state index in [-0.39, 0.29) is 30.0 Å². The van der Waals surface area contributed by atoms with Crippen LogP contribution in [-0.4, -0.2) is 45.2 Å². The topological polar surface area (TPSA) is 62.0 Å². The number of aliphatic imine (C=N–C) groups is 1. The molecule has 0 saturated carbocycles. The lowest BCUT2D eigenvalue weighted by Gasteiger charge is -2.27. The van der Waals surface area contributed by atoms with Gasteiger partial charge in [0.1, 0.15) is 18.1 Å². The second-order valence-electron chi connectivity index (χ2n) is 5.88. The molecule has 2 rings (SSSR count). The summed E-state index contributed by atoms with van der Waals surface area (Å²) >= 11 is 0. The zero-order valence-electron chi connectivity index (χ0n) is 15.9. The average molecular weight is 472 g/mol. The summed E-state index contributed by atoms with van der Waals surface area (Å²) in [7, 11) is 5.82. The minimum atomic E-state index is 0. The van der Waals surface area contributed by atoms with Crippen LogP contribution in [0.15, 0.2) is 52.1 Å². The van der Waals surface area contributed by atoms with E-state index >= 15 is 0 Å². The molecule has 1 aromatic carbocycles. The SMILES string of the molecule is CCNC(=NCc1ccco1)NCC(c1ccccc1OC)N(C)C.I. The monoisotopic (exact) mass is 472 g/mol. The van der Waals surface area contributed by atoms with Crippen molar-refractivity contribution in [3.05, 3.63) is 54.0 Å². The maximum Gasteiger partial charge on any atom is 0.191 e. The summed E-state index contributed by atoms with van der Waals surface area (Å²) in [5.41, 5.74) is 1.14. The van der Waals surface area contributed by atoms with Crippen LogP contribution in [0, 0.1) is 0 Å². The Morgan fingerprint density at radius 1 is 1.19 bits per heavy atom. The van der Waals surface area contributed by atoms with E-state index in [1.54, 1.807) is 13.4 Å². The Morgan fingerprint density at radius 3 is 2.58 bits per heavy atom. The maximum absolute atomic E-state index is 5.51. The highest BCUT2D eigenvalue weighted by molar-refractivity contribution is 14.0. The molecule has 2 N–H and O–H groups in total. The predicted molar refractivity (Wildman–Crippen MR) is 116 cm³/mol. The van der Waals surface area contributed by atoms with Gasteiger partial charge in [0.15, 0.2) is 5.96 Å². The van der Waals surface area contributed by atoms with E-state index in [0.29, 0.717) is 13.1 Å². The lowest BCUT2D eigenvalue weighted by atomic mass is 10.0. The first-order chi connectivity index (χ1) is 12.2. The second kappa shape index (κ2) is 11.8. The van der Waals surface area contributed by atoms with Gasteiger partial charge in [-0.15, -0.1) is 24.0 Å². The molecular weight excluding hydrogens is 443 g/mol. The number of furan rings is 1. The van der Waals surface area contributed by atoms with Gasteiger partial charge < -0.3 is 24.7 Å². The number of benzene rings is 1. The Morgan fingerprint density at radius 2 is 1.96 bits per heavy atom. The molecule has 2 aromatic rings. The third-order valence-electron chi connectivity index (χ3n) is 3.90. The van der Waals surface area contributed by atoms with Gasteiger partial charge >= 0.3 is 0 Å². The molecule has 0 spiro atoms. The molecule has 6 nitrogen and oxygen atoms in total. The summed E-state index contributed by atoms with van der Waals surface area (Å²) in [6.45, 7) is 4.06. The minimum absolute atomic E-state index is 0. The van der Waals surface area contributed by atoms with Gasteiger partial charge in [-0.3, -0.25) is 0 Å². The van der Waals surface area contributed by atoms with Crippen LogP contribution in [0.5, 0.6) is 5.75 Å². The van der Waals surface area contributed by atoms with Crippen molar-refractivity contribution >= 4 is 29.9 Å². The number of para-hydroxylation sites is 1. The lowest BCUT2D eigenvalue weighted by Crippen LogP contribution is -2.41. The number of hydrogen-bond donors (Lipinski definition) is 2. The third kappa shape index (κ3) is 6.53. The number of ether oxygens (including phenoxy) is 1. The van der Waals surface area contributed by atoms with Crippen molar-refractivity contribution in [3.63, 3.8) is 0 Å². The molecule has 0 saturated heterocycles. The lowest BCUT2D eigenvalue weighted by molar-refractivity contribution is 0.287. The number of hydrogen-bond acceptors (Lipinski definition) is 4. The zero-order chi connectivity index (χ0) is 18.1. The summed E-state index contributed by atoms with van der Waals surface area (Å²) in [5.74, 6) is 2.49.